The quantitative estimate of drug-likeness (QED) is 0.614. The zero-order valence-electron chi connectivity index (χ0n) is 6.50. The van der Waals surface area contributed by atoms with E-state index in [0.717, 1.165) is 11.3 Å². The monoisotopic (exact) mass is 152 g/mol. The highest BCUT2D eigenvalue weighted by Gasteiger charge is 2.02. The third-order valence-electron chi connectivity index (χ3n) is 1.59. The van der Waals surface area contributed by atoms with Crippen molar-refractivity contribution in [2.75, 3.05) is 12.8 Å². The summed E-state index contributed by atoms with van der Waals surface area (Å²) in [6, 6.07) is 5.50. The van der Waals surface area contributed by atoms with E-state index in [4.69, 9.17) is 16.2 Å². The molecule has 0 spiro atoms. The summed E-state index contributed by atoms with van der Waals surface area (Å²) in [5.74, 6) is 0.757. The molecule has 60 valence electrons. The molecule has 3 heteroatoms. The first-order chi connectivity index (χ1) is 5.29. The Kier molecular flexibility index (Phi) is 2.33. The minimum atomic E-state index is 0.413. The lowest BCUT2D eigenvalue weighted by atomic mass is 10.1. The topological polar surface area (TPSA) is 61.3 Å². The molecule has 0 heterocycles. The molecule has 0 aliphatic rings. The fourth-order valence-electron chi connectivity index (χ4n) is 0.992. The van der Waals surface area contributed by atoms with Gasteiger partial charge in [0.15, 0.2) is 0 Å². The van der Waals surface area contributed by atoms with E-state index in [2.05, 4.69) is 0 Å². The van der Waals surface area contributed by atoms with Crippen LogP contribution in [-0.4, -0.2) is 7.11 Å². The Balaban J connectivity index is 3.13. The average molecular weight is 152 g/mol. The van der Waals surface area contributed by atoms with Gasteiger partial charge in [-0.05, 0) is 12.1 Å². The van der Waals surface area contributed by atoms with Gasteiger partial charge >= 0.3 is 0 Å². The van der Waals surface area contributed by atoms with Gasteiger partial charge in [0.25, 0.3) is 0 Å². The van der Waals surface area contributed by atoms with Gasteiger partial charge in [-0.15, -0.1) is 0 Å². The zero-order valence-corrected chi connectivity index (χ0v) is 6.50. The molecule has 0 radical (unpaired) electrons. The van der Waals surface area contributed by atoms with Crippen LogP contribution in [-0.2, 0) is 6.54 Å². The Morgan fingerprint density at radius 3 is 2.64 bits per heavy atom. The number of rotatable bonds is 2. The van der Waals surface area contributed by atoms with E-state index in [0.29, 0.717) is 12.2 Å². The average Bonchev–Trinajstić information content (AvgIpc) is 2.04. The first-order valence-corrected chi connectivity index (χ1v) is 3.41. The van der Waals surface area contributed by atoms with E-state index in [1.165, 1.54) is 0 Å². The molecule has 0 amide bonds. The minimum Gasteiger partial charge on any atom is -0.496 e. The molecule has 0 fully saturated rings. The molecule has 11 heavy (non-hydrogen) atoms. The van der Waals surface area contributed by atoms with Crippen LogP contribution < -0.4 is 16.2 Å². The number of nitrogens with two attached hydrogens (primary N) is 2. The molecule has 1 aromatic carbocycles. The van der Waals surface area contributed by atoms with Crippen LogP contribution in [0, 0.1) is 0 Å². The molecule has 0 bridgehead atoms. The molecule has 0 saturated heterocycles. The second-order valence-electron chi connectivity index (χ2n) is 2.23. The van der Waals surface area contributed by atoms with Crippen molar-refractivity contribution in [3.05, 3.63) is 23.8 Å². The molecule has 0 aliphatic carbocycles. The van der Waals surface area contributed by atoms with Gasteiger partial charge in [-0.1, -0.05) is 6.07 Å². The van der Waals surface area contributed by atoms with Crippen molar-refractivity contribution < 1.29 is 4.74 Å². The number of methoxy groups -OCH3 is 1. The van der Waals surface area contributed by atoms with Crippen LogP contribution in [0.25, 0.3) is 0 Å². The van der Waals surface area contributed by atoms with Crippen LogP contribution in [0.1, 0.15) is 5.56 Å². The Morgan fingerprint density at radius 1 is 1.45 bits per heavy atom. The summed E-state index contributed by atoms with van der Waals surface area (Å²) in [7, 11) is 1.61. The summed E-state index contributed by atoms with van der Waals surface area (Å²) in [5, 5.41) is 0. The first kappa shape index (κ1) is 7.88. The van der Waals surface area contributed by atoms with Crippen molar-refractivity contribution in [1.82, 2.24) is 0 Å². The summed E-state index contributed by atoms with van der Waals surface area (Å²) in [5.41, 5.74) is 12.7. The van der Waals surface area contributed by atoms with Gasteiger partial charge in [-0.3, -0.25) is 0 Å². The zero-order chi connectivity index (χ0) is 8.27. The van der Waals surface area contributed by atoms with Gasteiger partial charge in [-0.2, -0.15) is 0 Å². The van der Waals surface area contributed by atoms with Crippen LogP contribution in [0.2, 0.25) is 0 Å². The van der Waals surface area contributed by atoms with Crippen LogP contribution in [0.5, 0.6) is 5.75 Å². The van der Waals surface area contributed by atoms with Gasteiger partial charge in [0.2, 0.25) is 0 Å². The van der Waals surface area contributed by atoms with Crippen LogP contribution >= 0.6 is 0 Å². The third-order valence-corrected chi connectivity index (χ3v) is 1.59. The molecule has 1 aromatic rings. The van der Waals surface area contributed by atoms with Crippen molar-refractivity contribution in [2.45, 2.75) is 6.54 Å². The van der Waals surface area contributed by atoms with Gasteiger partial charge in [-0.25, -0.2) is 0 Å². The van der Waals surface area contributed by atoms with E-state index >= 15 is 0 Å². The Hall–Kier alpha value is -1.22. The van der Waals surface area contributed by atoms with E-state index in [1.807, 2.05) is 18.2 Å². The lowest BCUT2D eigenvalue weighted by molar-refractivity contribution is 0.410. The lowest BCUT2D eigenvalue weighted by Gasteiger charge is -2.07. The predicted octanol–water partition coefficient (Wildman–Crippen LogP) is 0.736. The van der Waals surface area contributed by atoms with Gasteiger partial charge < -0.3 is 16.2 Å². The fraction of sp³-hybridized carbons (Fsp3) is 0.250. The summed E-state index contributed by atoms with van der Waals surface area (Å²) < 4.78 is 5.06. The van der Waals surface area contributed by atoms with Crippen LogP contribution in [0.4, 0.5) is 5.69 Å². The minimum absolute atomic E-state index is 0.413. The Morgan fingerprint density at radius 2 is 2.18 bits per heavy atom. The van der Waals surface area contributed by atoms with Gasteiger partial charge in [0, 0.05) is 17.8 Å². The maximum Gasteiger partial charge on any atom is 0.125 e. The maximum absolute atomic E-state index is 5.65. The molecule has 4 N–H and O–H groups in total. The highest BCUT2D eigenvalue weighted by atomic mass is 16.5. The fourth-order valence-corrected chi connectivity index (χ4v) is 0.992. The van der Waals surface area contributed by atoms with E-state index in [9.17, 15) is 0 Å². The normalized spacial score (nSPS) is 9.64. The summed E-state index contributed by atoms with van der Waals surface area (Å²) in [4.78, 5) is 0. The van der Waals surface area contributed by atoms with Crippen LogP contribution in [0.3, 0.4) is 0 Å². The van der Waals surface area contributed by atoms with E-state index in [1.54, 1.807) is 7.11 Å². The molecule has 3 nitrogen and oxygen atoms in total. The van der Waals surface area contributed by atoms with Gasteiger partial charge in [0.05, 0.1) is 7.11 Å². The highest BCUT2D eigenvalue weighted by Crippen LogP contribution is 2.22. The Bertz CT molecular complexity index is 248. The standard InChI is InChI=1S/C8H12N2O/c1-11-8-4-2-3-7(10)6(8)5-9/h2-4H,5,9-10H2,1H3. The molecule has 0 atom stereocenters. The predicted molar refractivity (Wildman–Crippen MR) is 45.3 cm³/mol. The van der Waals surface area contributed by atoms with Crippen molar-refractivity contribution in [2.24, 2.45) is 5.73 Å². The van der Waals surface area contributed by atoms with Crippen molar-refractivity contribution in [3.8, 4) is 5.75 Å². The smallest absolute Gasteiger partial charge is 0.125 e. The number of anilines is 1. The molecule has 0 aromatic heterocycles. The van der Waals surface area contributed by atoms with Crippen molar-refractivity contribution >= 4 is 5.69 Å². The van der Waals surface area contributed by atoms with Crippen LogP contribution in [0.15, 0.2) is 18.2 Å². The number of nitrogen functional groups attached to an aromatic ring is 1. The molecule has 0 unspecified atom stereocenters. The van der Waals surface area contributed by atoms with Crippen molar-refractivity contribution in [3.63, 3.8) is 0 Å². The molecule has 0 saturated carbocycles. The van der Waals surface area contributed by atoms with Gasteiger partial charge in [0.1, 0.15) is 5.75 Å². The molecule has 0 aliphatic heterocycles. The maximum atomic E-state index is 5.65. The molecule has 1 rings (SSSR count). The number of hydrogen-bond acceptors (Lipinski definition) is 3. The largest absolute Gasteiger partial charge is 0.496 e. The SMILES string of the molecule is COc1cccc(N)c1CN. The number of ether oxygens (including phenoxy) is 1. The second-order valence-corrected chi connectivity index (χ2v) is 2.23. The van der Waals surface area contributed by atoms with Crippen molar-refractivity contribution in [1.29, 1.82) is 0 Å². The lowest BCUT2D eigenvalue weighted by Crippen LogP contribution is -2.03. The first-order valence-electron chi connectivity index (χ1n) is 3.41. The summed E-state index contributed by atoms with van der Waals surface area (Å²) in [6.45, 7) is 0.413. The highest BCUT2D eigenvalue weighted by molar-refractivity contribution is 5.53. The summed E-state index contributed by atoms with van der Waals surface area (Å²) in [6.07, 6.45) is 0. The molecular weight excluding hydrogens is 140 g/mol. The van der Waals surface area contributed by atoms with E-state index in [-0.39, 0.29) is 0 Å². The third kappa shape index (κ3) is 1.43. The number of hydrogen-bond donors (Lipinski definition) is 2. The molecular formula is C8H12N2O. The van der Waals surface area contributed by atoms with E-state index < -0.39 is 0 Å². The number of benzene rings is 1. The summed E-state index contributed by atoms with van der Waals surface area (Å²) >= 11 is 0. The second kappa shape index (κ2) is 3.25. The Labute approximate surface area is 66.0 Å².